The molecular formula is C16H18ClNO2. The average molecular weight is 292 g/mol. The first-order valence-electron chi connectivity index (χ1n) is 6.26. The molecule has 0 aliphatic rings. The first-order chi connectivity index (χ1) is 9.48. The summed E-state index contributed by atoms with van der Waals surface area (Å²) in [7, 11) is 3.22. The Morgan fingerprint density at radius 3 is 2.00 bits per heavy atom. The molecule has 3 nitrogen and oxygen atoms in total. The Bertz CT molecular complexity index is 594. The molecule has 0 spiro atoms. The van der Waals surface area contributed by atoms with Gasteiger partial charge in [0.25, 0.3) is 0 Å². The van der Waals surface area contributed by atoms with Crippen LogP contribution >= 0.6 is 11.6 Å². The van der Waals surface area contributed by atoms with Crippen LogP contribution in [0.5, 0.6) is 11.5 Å². The van der Waals surface area contributed by atoms with E-state index in [9.17, 15) is 0 Å². The zero-order valence-electron chi connectivity index (χ0n) is 11.8. The van der Waals surface area contributed by atoms with Gasteiger partial charge in [0.15, 0.2) is 11.5 Å². The van der Waals surface area contributed by atoms with Crippen LogP contribution in [0.3, 0.4) is 0 Å². The molecule has 2 aromatic rings. The Balaban J connectivity index is 2.45. The predicted octanol–water partition coefficient (Wildman–Crippen LogP) is 3.58. The minimum absolute atomic E-state index is 0.635. The van der Waals surface area contributed by atoms with Gasteiger partial charge in [-0.2, -0.15) is 0 Å². The lowest BCUT2D eigenvalue weighted by Gasteiger charge is -2.27. The zero-order valence-corrected chi connectivity index (χ0v) is 12.6. The van der Waals surface area contributed by atoms with Gasteiger partial charge in [0, 0.05) is 5.02 Å². The lowest BCUT2D eigenvalue weighted by atomic mass is 9.85. The number of ether oxygens (including phenoxy) is 2. The van der Waals surface area contributed by atoms with Crippen LogP contribution in [0.1, 0.15) is 18.1 Å². The van der Waals surface area contributed by atoms with Gasteiger partial charge in [0.1, 0.15) is 0 Å². The van der Waals surface area contributed by atoms with Gasteiger partial charge < -0.3 is 15.2 Å². The first-order valence-corrected chi connectivity index (χ1v) is 6.64. The smallest absolute Gasteiger partial charge is 0.161 e. The Labute approximate surface area is 124 Å². The standard InChI is InChI=1S/C16H18ClNO2/c1-16(18,11-4-7-13(17)8-5-11)12-6-9-14(19-2)15(10-12)20-3/h4-10H,18H2,1-3H3. The van der Waals surface area contributed by atoms with Crippen LogP contribution in [0, 0.1) is 0 Å². The van der Waals surface area contributed by atoms with Crippen molar-refractivity contribution in [2.75, 3.05) is 14.2 Å². The highest BCUT2D eigenvalue weighted by atomic mass is 35.5. The highest BCUT2D eigenvalue weighted by molar-refractivity contribution is 6.30. The molecule has 0 saturated heterocycles. The molecule has 0 aliphatic heterocycles. The van der Waals surface area contributed by atoms with Crippen molar-refractivity contribution < 1.29 is 9.47 Å². The number of nitrogens with two attached hydrogens (primary N) is 1. The van der Waals surface area contributed by atoms with E-state index < -0.39 is 5.54 Å². The average Bonchev–Trinajstić information content (AvgIpc) is 2.46. The normalized spacial score (nSPS) is 13.7. The van der Waals surface area contributed by atoms with Crippen LogP contribution in [0.4, 0.5) is 0 Å². The van der Waals surface area contributed by atoms with E-state index in [1.54, 1.807) is 14.2 Å². The molecule has 1 atom stereocenters. The van der Waals surface area contributed by atoms with Gasteiger partial charge in [0.05, 0.1) is 19.8 Å². The Morgan fingerprint density at radius 2 is 1.45 bits per heavy atom. The van der Waals surface area contributed by atoms with Crippen molar-refractivity contribution in [2.45, 2.75) is 12.5 Å². The third kappa shape index (κ3) is 2.74. The molecule has 0 aromatic heterocycles. The summed E-state index contributed by atoms with van der Waals surface area (Å²) >= 11 is 5.92. The largest absolute Gasteiger partial charge is 0.493 e. The Morgan fingerprint density at radius 1 is 0.900 bits per heavy atom. The fourth-order valence-corrected chi connectivity index (χ4v) is 2.25. The minimum atomic E-state index is -0.635. The maximum atomic E-state index is 6.49. The summed E-state index contributed by atoms with van der Waals surface area (Å²) in [6.45, 7) is 1.96. The van der Waals surface area contributed by atoms with Crippen molar-refractivity contribution in [1.29, 1.82) is 0 Å². The highest BCUT2D eigenvalue weighted by Crippen LogP contribution is 2.34. The van der Waals surface area contributed by atoms with Crippen molar-refractivity contribution in [3.63, 3.8) is 0 Å². The van der Waals surface area contributed by atoms with E-state index in [1.807, 2.05) is 49.4 Å². The van der Waals surface area contributed by atoms with Crippen LogP contribution in [0.25, 0.3) is 0 Å². The number of methoxy groups -OCH3 is 2. The lowest BCUT2D eigenvalue weighted by Crippen LogP contribution is -2.34. The summed E-state index contributed by atoms with van der Waals surface area (Å²) in [5.74, 6) is 1.35. The summed E-state index contributed by atoms with van der Waals surface area (Å²) in [5, 5.41) is 0.692. The zero-order chi connectivity index (χ0) is 14.8. The quantitative estimate of drug-likeness (QED) is 0.936. The van der Waals surface area contributed by atoms with E-state index >= 15 is 0 Å². The van der Waals surface area contributed by atoms with Crippen LogP contribution < -0.4 is 15.2 Å². The fourth-order valence-electron chi connectivity index (χ4n) is 2.12. The minimum Gasteiger partial charge on any atom is -0.493 e. The third-order valence-corrected chi connectivity index (χ3v) is 3.68. The van der Waals surface area contributed by atoms with Gasteiger partial charge in [-0.25, -0.2) is 0 Å². The monoisotopic (exact) mass is 291 g/mol. The number of hydrogen-bond acceptors (Lipinski definition) is 3. The maximum absolute atomic E-state index is 6.49. The SMILES string of the molecule is COc1ccc(C(C)(N)c2ccc(Cl)cc2)cc1OC. The summed E-state index contributed by atoms with van der Waals surface area (Å²) in [6, 6.07) is 13.2. The van der Waals surface area contributed by atoms with E-state index in [0.29, 0.717) is 16.5 Å². The maximum Gasteiger partial charge on any atom is 0.161 e. The molecule has 106 valence electrons. The van der Waals surface area contributed by atoms with Gasteiger partial charge in [-0.05, 0) is 42.3 Å². The van der Waals surface area contributed by atoms with E-state index in [0.717, 1.165) is 11.1 Å². The summed E-state index contributed by atoms with van der Waals surface area (Å²) in [4.78, 5) is 0. The van der Waals surface area contributed by atoms with Crippen molar-refractivity contribution >= 4 is 11.6 Å². The van der Waals surface area contributed by atoms with Gasteiger partial charge in [-0.1, -0.05) is 29.8 Å². The second kappa shape index (κ2) is 5.73. The lowest BCUT2D eigenvalue weighted by molar-refractivity contribution is 0.353. The van der Waals surface area contributed by atoms with E-state index in [2.05, 4.69) is 0 Å². The molecule has 4 heteroatoms. The predicted molar refractivity (Wildman–Crippen MR) is 81.6 cm³/mol. The van der Waals surface area contributed by atoms with Gasteiger partial charge in [0.2, 0.25) is 0 Å². The molecule has 2 N–H and O–H groups in total. The molecule has 0 aliphatic carbocycles. The second-order valence-electron chi connectivity index (χ2n) is 4.78. The number of rotatable bonds is 4. The van der Waals surface area contributed by atoms with Crippen LogP contribution in [0.2, 0.25) is 5.02 Å². The molecule has 0 bridgehead atoms. The summed E-state index contributed by atoms with van der Waals surface area (Å²) < 4.78 is 10.6. The summed E-state index contributed by atoms with van der Waals surface area (Å²) in [6.07, 6.45) is 0. The molecule has 0 heterocycles. The fraction of sp³-hybridized carbons (Fsp3) is 0.250. The van der Waals surface area contributed by atoms with Crippen LogP contribution in [0.15, 0.2) is 42.5 Å². The number of hydrogen-bond donors (Lipinski definition) is 1. The second-order valence-corrected chi connectivity index (χ2v) is 5.22. The molecule has 1 unspecified atom stereocenters. The highest BCUT2D eigenvalue weighted by Gasteiger charge is 2.25. The van der Waals surface area contributed by atoms with Crippen molar-refractivity contribution in [2.24, 2.45) is 5.73 Å². The van der Waals surface area contributed by atoms with Crippen molar-refractivity contribution in [3.8, 4) is 11.5 Å². The molecule has 0 radical (unpaired) electrons. The Kier molecular flexibility index (Phi) is 4.21. The molecule has 0 saturated carbocycles. The van der Waals surface area contributed by atoms with Gasteiger partial charge >= 0.3 is 0 Å². The van der Waals surface area contributed by atoms with Crippen molar-refractivity contribution in [1.82, 2.24) is 0 Å². The van der Waals surface area contributed by atoms with Gasteiger partial charge in [-0.15, -0.1) is 0 Å². The summed E-state index contributed by atoms with van der Waals surface area (Å²) in [5.41, 5.74) is 7.77. The van der Waals surface area contributed by atoms with E-state index in [-0.39, 0.29) is 0 Å². The van der Waals surface area contributed by atoms with E-state index in [4.69, 9.17) is 26.8 Å². The first kappa shape index (κ1) is 14.7. The molecule has 2 aromatic carbocycles. The molecule has 2 rings (SSSR count). The van der Waals surface area contributed by atoms with E-state index in [1.165, 1.54) is 0 Å². The number of benzene rings is 2. The molecule has 0 fully saturated rings. The molecule has 20 heavy (non-hydrogen) atoms. The van der Waals surface area contributed by atoms with Crippen LogP contribution in [-0.4, -0.2) is 14.2 Å². The molecular weight excluding hydrogens is 274 g/mol. The Hall–Kier alpha value is -1.71. The van der Waals surface area contributed by atoms with Crippen molar-refractivity contribution in [3.05, 3.63) is 58.6 Å². The van der Waals surface area contributed by atoms with Gasteiger partial charge in [-0.3, -0.25) is 0 Å². The molecule has 0 amide bonds. The topological polar surface area (TPSA) is 44.5 Å². The number of halogens is 1. The third-order valence-electron chi connectivity index (χ3n) is 3.43. The van der Waals surface area contributed by atoms with Crippen LogP contribution in [-0.2, 0) is 5.54 Å².